The van der Waals surface area contributed by atoms with Gasteiger partial charge in [-0.15, -0.1) is 11.3 Å². The van der Waals surface area contributed by atoms with Crippen molar-refractivity contribution in [3.63, 3.8) is 0 Å². The summed E-state index contributed by atoms with van der Waals surface area (Å²) in [7, 11) is 0. The lowest BCUT2D eigenvalue weighted by molar-refractivity contribution is 0.145. The molecule has 6 heteroatoms. The van der Waals surface area contributed by atoms with Gasteiger partial charge in [0.05, 0.1) is 10.3 Å². The van der Waals surface area contributed by atoms with E-state index in [4.69, 9.17) is 17.0 Å². The Morgan fingerprint density at radius 3 is 2.94 bits per heavy atom. The molecule has 0 aliphatic heterocycles. The van der Waals surface area contributed by atoms with Gasteiger partial charge in [0.15, 0.2) is 5.11 Å². The maximum Gasteiger partial charge on any atom is 0.166 e. The average Bonchev–Trinajstić information content (AvgIpc) is 2.72. The second-order valence-corrected chi connectivity index (χ2v) is 6.32. The van der Waals surface area contributed by atoms with E-state index in [1.807, 2.05) is 13.0 Å². The van der Waals surface area contributed by atoms with Gasteiger partial charge in [-0.1, -0.05) is 0 Å². The van der Waals surface area contributed by atoms with Crippen LogP contribution in [-0.4, -0.2) is 24.9 Å². The normalized spacial score (nSPS) is 10.2. The van der Waals surface area contributed by atoms with Crippen LogP contribution in [0.3, 0.4) is 0 Å². The van der Waals surface area contributed by atoms with Gasteiger partial charge in [-0.05, 0) is 53.6 Å². The molecular formula is C11H17BrN2OS2. The molecule has 0 atom stereocenters. The van der Waals surface area contributed by atoms with E-state index < -0.39 is 0 Å². The van der Waals surface area contributed by atoms with Crippen molar-refractivity contribution in [2.75, 3.05) is 19.8 Å². The molecule has 0 saturated heterocycles. The third kappa shape index (κ3) is 6.98. The van der Waals surface area contributed by atoms with Gasteiger partial charge in [0.2, 0.25) is 0 Å². The molecule has 1 aromatic heterocycles. The van der Waals surface area contributed by atoms with Crippen molar-refractivity contribution in [2.24, 2.45) is 0 Å². The van der Waals surface area contributed by atoms with Crippen molar-refractivity contribution < 1.29 is 4.74 Å². The largest absolute Gasteiger partial charge is 0.382 e. The van der Waals surface area contributed by atoms with Gasteiger partial charge in [0, 0.05) is 24.6 Å². The predicted molar refractivity (Wildman–Crippen MR) is 80.6 cm³/mol. The van der Waals surface area contributed by atoms with E-state index in [2.05, 4.69) is 32.6 Å². The molecule has 0 saturated carbocycles. The molecule has 1 heterocycles. The summed E-state index contributed by atoms with van der Waals surface area (Å²) in [4.78, 5) is 1.26. The number of thiophene rings is 1. The van der Waals surface area contributed by atoms with E-state index in [1.165, 1.54) is 4.88 Å². The molecule has 1 rings (SSSR count). The van der Waals surface area contributed by atoms with Crippen LogP contribution in [0.15, 0.2) is 15.9 Å². The maximum atomic E-state index is 5.24. The zero-order valence-corrected chi connectivity index (χ0v) is 13.0. The molecule has 0 spiro atoms. The summed E-state index contributed by atoms with van der Waals surface area (Å²) in [6.07, 6.45) is 0.972. The Morgan fingerprint density at radius 2 is 2.29 bits per heavy atom. The summed E-state index contributed by atoms with van der Waals surface area (Å²) in [5.41, 5.74) is 0. The summed E-state index contributed by atoms with van der Waals surface area (Å²) in [6.45, 7) is 5.17. The van der Waals surface area contributed by atoms with Gasteiger partial charge < -0.3 is 15.4 Å². The number of halogens is 1. The van der Waals surface area contributed by atoms with Gasteiger partial charge >= 0.3 is 0 Å². The lowest BCUT2D eigenvalue weighted by Gasteiger charge is -2.09. The Morgan fingerprint density at radius 1 is 1.47 bits per heavy atom. The highest BCUT2D eigenvalue weighted by Crippen LogP contribution is 2.21. The fourth-order valence-electron chi connectivity index (χ4n) is 1.20. The lowest BCUT2D eigenvalue weighted by Crippen LogP contribution is -2.35. The van der Waals surface area contributed by atoms with E-state index in [9.17, 15) is 0 Å². The van der Waals surface area contributed by atoms with Crippen LogP contribution in [0.1, 0.15) is 18.2 Å². The number of hydrogen-bond acceptors (Lipinski definition) is 3. The summed E-state index contributed by atoms with van der Waals surface area (Å²) in [5, 5.41) is 7.02. The summed E-state index contributed by atoms with van der Waals surface area (Å²) in [5.74, 6) is 0. The van der Waals surface area contributed by atoms with Gasteiger partial charge in [0.25, 0.3) is 0 Å². The highest BCUT2D eigenvalue weighted by molar-refractivity contribution is 9.11. The van der Waals surface area contributed by atoms with Crippen LogP contribution in [0.4, 0.5) is 0 Å². The van der Waals surface area contributed by atoms with Crippen molar-refractivity contribution in [1.82, 2.24) is 10.6 Å². The molecule has 3 nitrogen and oxygen atoms in total. The SMILES string of the molecule is CCOCCCNC(=S)NCc1ccc(Br)s1. The molecule has 0 aliphatic carbocycles. The number of hydrogen-bond donors (Lipinski definition) is 2. The second kappa shape index (κ2) is 8.85. The molecule has 0 radical (unpaired) electrons. The number of ether oxygens (including phenoxy) is 1. The highest BCUT2D eigenvalue weighted by atomic mass is 79.9. The van der Waals surface area contributed by atoms with Crippen LogP contribution in [0.2, 0.25) is 0 Å². The smallest absolute Gasteiger partial charge is 0.166 e. The van der Waals surface area contributed by atoms with Crippen LogP contribution in [0.25, 0.3) is 0 Å². The van der Waals surface area contributed by atoms with Crippen molar-refractivity contribution in [1.29, 1.82) is 0 Å². The van der Waals surface area contributed by atoms with Crippen LogP contribution in [0.5, 0.6) is 0 Å². The molecule has 0 amide bonds. The molecule has 1 aromatic rings. The fraction of sp³-hybridized carbons (Fsp3) is 0.545. The van der Waals surface area contributed by atoms with Gasteiger partial charge in [-0.3, -0.25) is 0 Å². The Labute approximate surface area is 120 Å². The Kier molecular flexibility index (Phi) is 7.75. The standard InChI is InChI=1S/C11H17BrN2OS2/c1-2-15-7-3-6-13-11(16)14-8-9-4-5-10(12)17-9/h4-5H,2-3,6-8H2,1H3,(H2,13,14,16). The van der Waals surface area contributed by atoms with Crippen molar-refractivity contribution in [2.45, 2.75) is 19.9 Å². The summed E-state index contributed by atoms with van der Waals surface area (Å²) < 4.78 is 6.38. The molecule has 0 bridgehead atoms. The minimum atomic E-state index is 0.700. The van der Waals surface area contributed by atoms with E-state index >= 15 is 0 Å². The third-order valence-electron chi connectivity index (χ3n) is 2.01. The molecule has 96 valence electrons. The molecule has 0 aliphatic rings. The van der Waals surface area contributed by atoms with Crippen molar-refractivity contribution in [3.05, 3.63) is 20.8 Å². The molecule has 2 N–H and O–H groups in total. The quantitative estimate of drug-likeness (QED) is 0.592. The van der Waals surface area contributed by atoms with Crippen molar-refractivity contribution >= 4 is 44.6 Å². The van der Waals surface area contributed by atoms with Gasteiger partial charge in [-0.25, -0.2) is 0 Å². The van der Waals surface area contributed by atoms with E-state index in [0.29, 0.717) is 5.11 Å². The first-order valence-corrected chi connectivity index (χ1v) is 7.57. The zero-order valence-electron chi connectivity index (χ0n) is 9.79. The van der Waals surface area contributed by atoms with Gasteiger partial charge in [0.1, 0.15) is 0 Å². The summed E-state index contributed by atoms with van der Waals surface area (Å²) in [6, 6.07) is 4.12. The first-order chi connectivity index (χ1) is 8.22. The Hall–Kier alpha value is -0.170. The topological polar surface area (TPSA) is 33.3 Å². The third-order valence-corrected chi connectivity index (χ3v) is 3.92. The molecule has 17 heavy (non-hydrogen) atoms. The first-order valence-electron chi connectivity index (χ1n) is 5.56. The Bertz CT molecular complexity index is 344. The van der Waals surface area contributed by atoms with E-state index in [1.54, 1.807) is 11.3 Å². The lowest BCUT2D eigenvalue weighted by atomic mass is 10.4. The molecule has 0 aromatic carbocycles. The second-order valence-electron chi connectivity index (χ2n) is 3.37. The highest BCUT2D eigenvalue weighted by Gasteiger charge is 1.99. The van der Waals surface area contributed by atoms with Crippen LogP contribution in [-0.2, 0) is 11.3 Å². The molecular weight excluding hydrogens is 320 g/mol. The van der Waals surface area contributed by atoms with E-state index in [0.717, 1.165) is 36.5 Å². The molecule has 0 unspecified atom stereocenters. The first kappa shape index (κ1) is 14.9. The number of rotatable bonds is 7. The number of nitrogens with one attached hydrogen (secondary N) is 2. The predicted octanol–water partition coefficient (Wildman–Crippen LogP) is 2.90. The average molecular weight is 337 g/mol. The fourth-order valence-corrected chi connectivity index (χ4v) is 2.79. The summed E-state index contributed by atoms with van der Waals surface area (Å²) >= 11 is 10.3. The monoisotopic (exact) mass is 336 g/mol. The molecule has 0 fully saturated rings. The van der Waals surface area contributed by atoms with Crippen LogP contribution in [0, 0.1) is 0 Å². The van der Waals surface area contributed by atoms with Crippen molar-refractivity contribution in [3.8, 4) is 0 Å². The van der Waals surface area contributed by atoms with Crippen LogP contribution < -0.4 is 10.6 Å². The zero-order chi connectivity index (χ0) is 12.5. The minimum Gasteiger partial charge on any atom is -0.382 e. The minimum absolute atomic E-state index is 0.700. The van der Waals surface area contributed by atoms with Gasteiger partial charge in [-0.2, -0.15) is 0 Å². The van der Waals surface area contributed by atoms with Crippen LogP contribution >= 0.6 is 39.5 Å². The number of thiocarbonyl (C=S) groups is 1. The maximum absolute atomic E-state index is 5.24. The van der Waals surface area contributed by atoms with E-state index in [-0.39, 0.29) is 0 Å². The Balaban J connectivity index is 2.05.